The van der Waals surface area contributed by atoms with Crippen LogP contribution >= 0.6 is 0 Å². The van der Waals surface area contributed by atoms with Crippen molar-refractivity contribution in [3.05, 3.63) is 53.9 Å². The van der Waals surface area contributed by atoms with Gasteiger partial charge in [-0.2, -0.15) is 0 Å². The van der Waals surface area contributed by atoms with Gasteiger partial charge in [-0.05, 0) is 62.4 Å². The quantitative estimate of drug-likeness (QED) is 0.657. The van der Waals surface area contributed by atoms with Gasteiger partial charge in [-0.3, -0.25) is 4.79 Å². The van der Waals surface area contributed by atoms with E-state index in [-0.39, 0.29) is 4.90 Å². The van der Waals surface area contributed by atoms with Gasteiger partial charge in [0.15, 0.2) is 0 Å². The average Bonchev–Trinajstić information content (AvgIpc) is 3.12. The maximum absolute atomic E-state index is 13.3. The first kappa shape index (κ1) is 19.1. The monoisotopic (exact) mass is 424 g/mol. The number of sulfonamides is 1. The van der Waals surface area contributed by atoms with Crippen molar-refractivity contribution in [2.75, 3.05) is 18.0 Å². The summed E-state index contributed by atoms with van der Waals surface area (Å²) in [7, 11) is -4.00. The van der Waals surface area contributed by atoms with E-state index in [0.717, 1.165) is 42.9 Å². The molecule has 3 heterocycles. The first-order chi connectivity index (χ1) is 14.4. The molecule has 1 saturated carbocycles. The summed E-state index contributed by atoms with van der Waals surface area (Å²) in [6.07, 6.45) is 6.94. The molecule has 0 atom stereocenters. The van der Waals surface area contributed by atoms with Crippen LogP contribution in [0.25, 0.3) is 10.9 Å². The predicted molar refractivity (Wildman–Crippen MR) is 115 cm³/mol. The number of nitrogens with zero attached hydrogens (tertiary/aromatic N) is 2. The molecule has 1 amide bonds. The topological polar surface area (TPSA) is 95.2 Å². The molecule has 0 bridgehead atoms. The molecule has 8 heteroatoms. The van der Waals surface area contributed by atoms with Crippen LogP contribution in [-0.2, 0) is 20.2 Å². The van der Waals surface area contributed by atoms with Crippen molar-refractivity contribution in [1.82, 2.24) is 14.7 Å². The Kier molecular flexibility index (Phi) is 4.36. The summed E-state index contributed by atoms with van der Waals surface area (Å²) >= 11 is 0. The number of H-pyrrole nitrogens is 1. The number of aromatic nitrogens is 2. The van der Waals surface area contributed by atoms with Crippen molar-refractivity contribution in [1.29, 1.82) is 0 Å². The molecule has 0 unspecified atom stereocenters. The summed E-state index contributed by atoms with van der Waals surface area (Å²) in [6.45, 7) is 3.77. The minimum absolute atomic E-state index is 0.104. The molecular weight excluding hydrogens is 400 g/mol. The molecule has 3 aromatic rings. The Hall–Kier alpha value is -2.87. The molecular formula is C22H24N4O3S. The molecule has 156 valence electrons. The molecule has 2 N–H and O–H groups in total. The third-order valence-corrected chi connectivity index (χ3v) is 7.57. The molecule has 1 aliphatic carbocycles. The van der Waals surface area contributed by atoms with E-state index in [1.165, 1.54) is 6.07 Å². The van der Waals surface area contributed by atoms with Crippen LogP contribution in [0.15, 0.2) is 47.6 Å². The molecule has 2 fully saturated rings. The van der Waals surface area contributed by atoms with Crippen LogP contribution in [0.5, 0.6) is 0 Å². The zero-order valence-electron chi connectivity index (χ0n) is 16.8. The van der Waals surface area contributed by atoms with E-state index in [0.29, 0.717) is 23.7 Å². The minimum Gasteiger partial charge on any atom is -0.361 e. The Morgan fingerprint density at radius 3 is 2.70 bits per heavy atom. The Bertz CT molecular complexity index is 1240. The number of carbonyl (C=O) groups is 1. The first-order valence-electron chi connectivity index (χ1n) is 10.3. The number of rotatable bonds is 5. The van der Waals surface area contributed by atoms with Crippen LogP contribution in [-0.4, -0.2) is 37.4 Å². The van der Waals surface area contributed by atoms with Crippen molar-refractivity contribution in [3.8, 4) is 0 Å². The summed E-state index contributed by atoms with van der Waals surface area (Å²) in [5.41, 5.74) is 1.69. The Morgan fingerprint density at radius 2 is 1.97 bits per heavy atom. The van der Waals surface area contributed by atoms with Gasteiger partial charge in [0.1, 0.15) is 5.82 Å². The van der Waals surface area contributed by atoms with Gasteiger partial charge in [-0.25, -0.2) is 18.1 Å². The fraction of sp³-hybridized carbons (Fsp3) is 0.364. The van der Waals surface area contributed by atoms with Crippen LogP contribution in [0.2, 0.25) is 0 Å². The van der Waals surface area contributed by atoms with Crippen molar-refractivity contribution in [2.45, 2.75) is 42.9 Å². The van der Waals surface area contributed by atoms with Crippen molar-refractivity contribution >= 4 is 32.7 Å². The number of aromatic amines is 1. The van der Waals surface area contributed by atoms with Gasteiger partial charge in [0.05, 0.1) is 10.3 Å². The lowest BCUT2D eigenvalue weighted by atomic mass is 9.94. The van der Waals surface area contributed by atoms with E-state index in [2.05, 4.69) is 19.6 Å². The summed E-state index contributed by atoms with van der Waals surface area (Å²) < 4.78 is 28.6. The minimum atomic E-state index is -4.00. The van der Waals surface area contributed by atoms with E-state index >= 15 is 0 Å². The Morgan fingerprint density at radius 1 is 1.20 bits per heavy atom. The molecule has 5 rings (SSSR count). The summed E-state index contributed by atoms with van der Waals surface area (Å²) in [4.78, 5) is 23.3. The maximum atomic E-state index is 13.3. The second-order valence-corrected chi connectivity index (χ2v) is 9.94. The maximum Gasteiger partial charge on any atom is 0.264 e. The number of benzene rings is 1. The van der Waals surface area contributed by atoms with E-state index in [1.807, 2.05) is 19.2 Å². The molecule has 2 aliphatic rings. The molecule has 0 radical (unpaired) electrons. The molecule has 30 heavy (non-hydrogen) atoms. The Balaban J connectivity index is 1.50. The summed E-state index contributed by atoms with van der Waals surface area (Å²) in [5.74, 6) is 0.346. The lowest BCUT2D eigenvalue weighted by molar-refractivity contribution is -0.121. The summed E-state index contributed by atoms with van der Waals surface area (Å²) in [6, 6.07) is 8.69. The number of pyridine rings is 1. The van der Waals surface area contributed by atoms with E-state index in [9.17, 15) is 13.2 Å². The number of aryl methyl sites for hydroxylation is 1. The molecule has 1 aromatic carbocycles. The molecule has 2 aromatic heterocycles. The third-order valence-electron chi connectivity index (χ3n) is 6.18. The second-order valence-electron chi connectivity index (χ2n) is 8.29. The standard InChI is InChI=1S/C22H24N4O3S/c1-15-13-17(20(24-14-15)26-11-2-3-12-26)22(8-9-22)21(27)25-30(28,29)19-6-4-5-18-16(19)7-10-23-18/h4-7,10,13-14,23H,2-3,8-9,11-12H2,1H3,(H,25,27). The number of hydrogen-bond acceptors (Lipinski definition) is 5. The van der Waals surface area contributed by atoms with Crippen molar-refractivity contribution < 1.29 is 13.2 Å². The zero-order chi connectivity index (χ0) is 20.9. The first-order valence-corrected chi connectivity index (χ1v) is 11.7. The van der Waals surface area contributed by atoms with Gasteiger partial charge < -0.3 is 9.88 Å². The smallest absolute Gasteiger partial charge is 0.264 e. The second kappa shape index (κ2) is 6.84. The number of hydrogen-bond donors (Lipinski definition) is 2. The number of anilines is 1. The fourth-order valence-electron chi connectivity index (χ4n) is 4.40. The molecule has 1 aliphatic heterocycles. The van der Waals surface area contributed by atoms with Crippen molar-refractivity contribution in [2.24, 2.45) is 0 Å². The zero-order valence-corrected chi connectivity index (χ0v) is 17.6. The van der Waals surface area contributed by atoms with Gasteiger partial charge in [0, 0.05) is 41.9 Å². The van der Waals surface area contributed by atoms with E-state index < -0.39 is 21.3 Å². The number of amides is 1. The lowest BCUT2D eigenvalue weighted by Gasteiger charge is -2.25. The summed E-state index contributed by atoms with van der Waals surface area (Å²) in [5, 5.41) is 0.567. The van der Waals surface area contributed by atoms with Crippen LogP contribution in [0.3, 0.4) is 0 Å². The van der Waals surface area contributed by atoms with Gasteiger partial charge in [-0.1, -0.05) is 6.07 Å². The number of nitrogens with one attached hydrogen (secondary N) is 2. The highest BCUT2D eigenvalue weighted by Crippen LogP contribution is 2.51. The number of fused-ring (bicyclic) bond motifs is 1. The van der Waals surface area contributed by atoms with Crippen LogP contribution in [0.4, 0.5) is 5.82 Å². The molecule has 1 saturated heterocycles. The highest BCUT2D eigenvalue weighted by molar-refractivity contribution is 7.90. The Labute approximate surface area is 175 Å². The van der Waals surface area contributed by atoms with Crippen LogP contribution < -0.4 is 9.62 Å². The highest BCUT2D eigenvalue weighted by Gasteiger charge is 2.54. The van der Waals surface area contributed by atoms with Crippen LogP contribution in [0, 0.1) is 6.92 Å². The van der Waals surface area contributed by atoms with Gasteiger partial charge >= 0.3 is 0 Å². The normalized spacial score (nSPS) is 18.0. The third kappa shape index (κ3) is 3.06. The van der Waals surface area contributed by atoms with Crippen molar-refractivity contribution in [3.63, 3.8) is 0 Å². The van der Waals surface area contributed by atoms with E-state index in [4.69, 9.17) is 0 Å². The van der Waals surface area contributed by atoms with Gasteiger partial charge in [-0.15, -0.1) is 0 Å². The largest absolute Gasteiger partial charge is 0.361 e. The fourth-order valence-corrected chi connectivity index (χ4v) is 5.68. The van der Waals surface area contributed by atoms with Gasteiger partial charge in [0.25, 0.3) is 10.0 Å². The molecule has 0 spiro atoms. The van der Waals surface area contributed by atoms with E-state index in [1.54, 1.807) is 24.4 Å². The van der Waals surface area contributed by atoms with Crippen LogP contribution in [0.1, 0.15) is 36.8 Å². The lowest BCUT2D eigenvalue weighted by Crippen LogP contribution is -2.40. The van der Waals surface area contributed by atoms with Gasteiger partial charge in [0.2, 0.25) is 5.91 Å². The number of carbonyl (C=O) groups excluding carboxylic acids is 1. The predicted octanol–water partition coefficient (Wildman–Crippen LogP) is 3.01. The average molecular weight is 425 g/mol. The molecule has 7 nitrogen and oxygen atoms in total. The SMILES string of the molecule is Cc1cnc(N2CCCC2)c(C2(C(=O)NS(=O)(=O)c3cccc4[nH]ccc34)CC2)c1. The highest BCUT2D eigenvalue weighted by atomic mass is 32.2.